The van der Waals surface area contributed by atoms with Crippen molar-refractivity contribution in [1.29, 1.82) is 0 Å². The zero-order valence-electron chi connectivity index (χ0n) is 6.20. The molecule has 0 amide bonds. The van der Waals surface area contributed by atoms with Crippen LogP contribution in [0, 0.1) is 5.92 Å². The third kappa shape index (κ3) is 9.49. The van der Waals surface area contributed by atoms with Crippen molar-refractivity contribution >= 4 is 9.52 Å². The Balaban J connectivity index is 0. The van der Waals surface area contributed by atoms with E-state index < -0.39 is 0 Å². The predicted molar refractivity (Wildman–Crippen MR) is 42.3 cm³/mol. The largest absolute Gasteiger partial charge is 0.412 e. The van der Waals surface area contributed by atoms with E-state index in [0.29, 0.717) is 9.52 Å². The molecule has 0 aliphatic carbocycles. The summed E-state index contributed by atoms with van der Waals surface area (Å²) in [5.41, 5.74) is 0. The van der Waals surface area contributed by atoms with Gasteiger partial charge >= 0.3 is 0 Å². The van der Waals surface area contributed by atoms with Crippen molar-refractivity contribution in [1.82, 2.24) is 0 Å². The Morgan fingerprint density at radius 3 is 2.00 bits per heavy atom. The van der Waals surface area contributed by atoms with Gasteiger partial charge in [0.15, 0.2) is 0 Å². The highest BCUT2D eigenvalue weighted by Crippen LogP contribution is 2.01. The van der Waals surface area contributed by atoms with Gasteiger partial charge in [-0.15, -0.1) is 0 Å². The van der Waals surface area contributed by atoms with Crippen LogP contribution in [0.2, 0.25) is 12.6 Å². The molecule has 2 N–H and O–H groups in total. The quantitative estimate of drug-likeness (QED) is 0.512. The fraction of sp³-hybridized carbons (Fsp3) is 1.00. The second-order valence-corrected chi connectivity index (χ2v) is 4.24. The van der Waals surface area contributed by atoms with Crippen LogP contribution in [0.5, 0.6) is 0 Å². The van der Waals surface area contributed by atoms with Gasteiger partial charge in [0.25, 0.3) is 0 Å². The smallest absolute Gasteiger partial charge is 0.0166 e. The minimum absolute atomic E-state index is 0. The Morgan fingerprint density at radius 2 is 1.88 bits per heavy atom. The van der Waals surface area contributed by atoms with Crippen LogP contribution >= 0.6 is 0 Å². The maximum Gasteiger partial charge on any atom is 0.0166 e. The zero-order chi connectivity index (χ0) is 5.70. The van der Waals surface area contributed by atoms with E-state index in [1.165, 1.54) is 12.5 Å². The van der Waals surface area contributed by atoms with Crippen molar-refractivity contribution in [3.05, 3.63) is 0 Å². The maximum atomic E-state index is 2.38. The van der Waals surface area contributed by atoms with E-state index in [9.17, 15) is 0 Å². The molecule has 0 radical (unpaired) electrons. The Morgan fingerprint density at radius 1 is 1.38 bits per heavy atom. The summed E-state index contributed by atoms with van der Waals surface area (Å²) in [5.74, 6) is 0.937. The first-order valence-electron chi connectivity index (χ1n) is 3.27. The van der Waals surface area contributed by atoms with E-state index in [1.54, 1.807) is 0 Å². The van der Waals surface area contributed by atoms with Crippen molar-refractivity contribution in [2.75, 3.05) is 0 Å². The van der Waals surface area contributed by atoms with Crippen LogP contribution in [0.25, 0.3) is 0 Å². The summed E-state index contributed by atoms with van der Waals surface area (Å²) in [5, 5.41) is 0. The van der Waals surface area contributed by atoms with E-state index in [2.05, 4.69) is 20.4 Å². The Bertz CT molecular complexity index is 37.5. The van der Waals surface area contributed by atoms with E-state index in [-0.39, 0.29) is 5.48 Å². The summed E-state index contributed by atoms with van der Waals surface area (Å²) in [4.78, 5) is 0. The van der Waals surface area contributed by atoms with E-state index >= 15 is 0 Å². The summed E-state index contributed by atoms with van der Waals surface area (Å²) in [7, 11) is 0.371. The van der Waals surface area contributed by atoms with Crippen molar-refractivity contribution in [3.8, 4) is 0 Å². The highest BCUT2D eigenvalue weighted by Gasteiger charge is 1.89. The van der Waals surface area contributed by atoms with E-state index in [0.717, 1.165) is 5.92 Å². The van der Waals surface area contributed by atoms with Gasteiger partial charge in [-0.2, -0.15) is 0 Å². The molecule has 0 saturated heterocycles. The highest BCUT2D eigenvalue weighted by atomic mass is 28.2. The molecule has 0 saturated carbocycles. The normalized spacial score (nSPS) is 10.5. The topological polar surface area (TPSA) is 31.5 Å². The van der Waals surface area contributed by atoms with Gasteiger partial charge in [0.2, 0.25) is 0 Å². The lowest BCUT2D eigenvalue weighted by molar-refractivity contribution is 0.624. The lowest BCUT2D eigenvalue weighted by Gasteiger charge is -1.98. The first kappa shape index (κ1) is 11.0. The minimum atomic E-state index is 0. The third-order valence-corrected chi connectivity index (χ3v) is 2.25. The molecule has 0 heterocycles. The van der Waals surface area contributed by atoms with Crippen LogP contribution < -0.4 is 0 Å². The molecule has 0 rings (SSSR count). The fourth-order valence-corrected chi connectivity index (χ4v) is 1.84. The van der Waals surface area contributed by atoms with Gasteiger partial charge in [-0.1, -0.05) is 32.9 Å². The minimum Gasteiger partial charge on any atom is -0.412 e. The molecule has 52 valence electrons. The Hall–Kier alpha value is 0.177. The average Bonchev–Trinajstić information content (AvgIpc) is 1.61. The van der Waals surface area contributed by atoms with Gasteiger partial charge in [0, 0.05) is 9.52 Å². The Labute approximate surface area is 54.6 Å². The molecule has 0 aromatic carbocycles. The van der Waals surface area contributed by atoms with Crippen molar-refractivity contribution < 1.29 is 5.48 Å². The SMILES string of the molecule is C[SiH2]CCC(C)C.O. The molecule has 0 fully saturated rings. The van der Waals surface area contributed by atoms with E-state index in [4.69, 9.17) is 0 Å². The molecule has 0 aromatic rings. The van der Waals surface area contributed by atoms with Crippen LogP contribution in [0.15, 0.2) is 0 Å². The van der Waals surface area contributed by atoms with Gasteiger partial charge in [0.1, 0.15) is 0 Å². The summed E-state index contributed by atoms with van der Waals surface area (Å²) in [6, 6.07) is 1.54. The van der Waals surface area contributed by atoms with E-state index in [1.807, 2.05) is 0 Å². The van der Waals surface area contributed by atoms with Crippen LogP contribution in [-0.4, -0.2) is 15.0 Å². The Kier molecular flexibility index (Phi) is 9.90. The first-order valence-corrected chi connectivity index (χ1v) is 5.68. The summed E-state index contributed by atoms with van der Waals surface area (Å²) < 4.78 is 0. The second-order valence-electron chi connectivity index (χ2n) is 2.54. The lowest BCUT2D eigenvalue weighted by Crippen LogP contribution is -1.88. The van der Waals surface area contributed by atoms with Crippen molar-refractivity contribution in [2.45, 2.75) is 32.9 Å². The fourth-order valence-electron chi connectivity index (χ4n) is 0.612. The van der Waals surface area contributed by atoms with Gasteiger partial charge in [-0.05, 0) is 5.92 Å². The molecule has 0 bridgehead atoms. The van der Waals surface area contributed by atoms with Gasteiger partial charge in [-0.25, -0.2) is 0 Å². The molecule has 0 atom stereocenters. The molecule has 1 nitrogen and oxygen atoms in total. The molecule has 0 aliphatic heterocycles. The molecular weight excluding hydrogens is 116 g/mol. The maximum absolute atomic E-state index is 2.38. The highest BCUT2D eigenvalue weighted by molar-refractivity contribution is 6.33. The summed E-state index contributed by atoms with van der Waals surface area (Å²) in [6.07, 6.45) is 1.46. The monoisotopic (exact) mass is 134 g/mol. The molecule has 0 unspecified atom stereocenters. The van der Waals surface area contributed by atoms with Gasteiger partial charge < -0.3 is 5.48 Å². The van der Waals surface area contributed by atoms with Crippen LogP contribution in [0.3, 0.4) is 0 Å². The molecule has 0 spiro atoms. The number of hydrogen-bond donors (Lipinski definition) is 0. The van der Waals surface area contributed by atoms with Crippen LogP contribution in [0.4, 0.5) is 0 Å². The predicted octanol–water partition coefficient (Wildman–Crippen LogP) is 0.843. The summed E-state index contributed by atoms with van der Waals surface area (Å²) in [6.45, 7) is 6.97. The van der Waals surface area contributed by atoms with Gasteiger partial charge in [0.05, 0.1) is 0 Å². The molecule has 8 heavy (non-hydrogen) atoms. The molecule has 2 heteroatoms. The lowest BCUT2D eigenvalue weighted by atomic mass is 10.2. The zero-order valence-corrected chi connectivity index (χ0v) is 7.61. The average molecular weight is 134 g/mol. The van der Waals surface area contributed by atoms with Crippen molar-refractivity contribution in [3.63, 3.8) is 0 Å². The first-order chi connectivity index (χ1) is 3.27. The van der Waals surface area contributed by atoms with Crippen molar-refractivity contribution in [2.24, 2.45) is 5.92 Å². The van der Waals surface area contributed by atoms with Crippen LogP contribution in [0.1, 0.15) is 20.3 Å². The number of hydrogen-bond acceptors (Lipinski definition) is 0. The molecule has 0 aromatic heterocycles. The molecule has 0 aliphatic rings. The molecular formula is C6H18OSi. The standard InChI is InChI=1S/C6H16Si.H2O/c1-6(2)4-5-7-3;/h6H,4-5,7H2,1-3H3;1H2. The third-order valence-electron chi connectivity index (χ3n) is 1.14. The second kappa shape index (κ2) is 7.18. The number of rotatable bonds is 3. The van der Waals surface area contributed by atoms with Crippen LogP contribution in [-0.2, 0) is 0 Å². The van der Waals surface area contributed by atoms with Gasteiger partial charge in [-0.3, -0.25) is 0 Å². The summed E-state index contributed by atoms with van der Waals surface area (Å²) >= 11 is 0.